The normalized spacial score (nSPS) is 20.8. The zero-order valence-corrected chi connectivity index (χ0v) is 15.7. The molecular weight excluding hydrogens is 390 g/mol. The highest BCUT2D eigenvalue weighted by molar-refractivity contribution is 9.10. The van der Waals surface area contributed by atoms with E-state index >= 15 is 0 Å². The maximum atomic E-state index is 12.2. The number of likely N-dealkylation sites (tertiary alicyclic amines) is 1. The molecule has 1 fully saturated rings. The molecule has 0 aromatic carbocycles. The second-order valence-corrected chi connectivity index (χ2v) is 7.16. The number of nitrogens with two attached hydrogens (primary N) is 1. The number of hydrogen-bond donors (Lipinski definition) is 2. The molecule has 2 aromatic rings. The summed E-state index contributed by atoms with van der Waals surface area (Å²) in [5.41, 5.74) is 5.88. The maximum absolute atomic E-state index is 12.2. The van der Waals surface area contributed by atoms with Gasteiger partial charge in [-0.2, -0.15) is 5.10 Å². The summed E-state index contributed by atoms with van der Waals surface area (Å²) in [5, 5.41) is 15.5. The molecule has 0 spiro atoms. The van der Waals surface area contributed by atoms with E-state index in [4.69, 9.17) is 10.5 Å². The second kappa shape index (κ2) is 7.17. The Kier molecular flexibility index (Phi) is 5.14. The zero-order chi connectivity index (χ0) is 18.0. The fourth-order valence-corrected chi connectivity index (χ4v) is 3.74. The zero-order valence-electron chi connectivity index (χ0n) is 14.1. The van der Waals surface area contributed by atoms with Crippen molar-refractivity contribution in [3.05, 3.63) is 22.6 Å². The molecule has 1 saturated heterocycles. The van der Waals surface area contributed by atoms with Crippen LogP contribution in [0.25, 0.3) is 5.52 Å². The van der Waals surface area contributed by atoms with E-state index in [9.17, 15) is 9.90 Å². The van der Waals surface area contributed by atoms with Crippen molar-refractivity contribution in [2.45, 2.75) is 38.2 Å². The molecule has 8 nitrogen and oxygen atoms in total. The Morgan fingerprint density at radius 1 is 1.56 bits per heavy atom. The molecule has 1 atom stereocenters. The van der Waals surface area contributed by atoms with Gasteiger partial charge in [0.05, 0.1) is 18.8 Å². The number of ether oxygens (including phenoxy) is 1. The van der Waals surface area contributed by atoms with Crippen molar-refractivity contribution in [2.75, 3.05) is 25.4 Å². The third-order valence-electron chi connectivity index (χ3n) is 4.47. The SMILES string of the molecule is CCCCOC(=O)N1CCCC(O)(c2cc(Br)c3c(N)ncnn23)C1. The highest BCUT2D eigenvalue weighted by Gasteiger charge is 2.40. The summed E-state index contributed by atoms with van der Waals surface area (Å²) in [6.07, 6.45) is 3.94. The number of carbonyl (C=O) groups is 1. The summed E-state index contributed by atoms with van der Waals surface area (Å²) in [5.74, 6) is 0.323. The van der Waals surface area contributed by atoms with Crippen LogP contribution < -0.4 is 5.73 Å². The molecule has 136 valence electrons. The number of unbranched alkanes of at least 4 members (excludes halogenated alkanes) is 1. The molecule has 3 rings (SSSR count). The van der Waals surface area contributed by atoms with Crippen molar-refractivity contribution in [2.24, 2.45) is 0 Å². The highest BCUT2D eigenvalue weighted by Crippen LogP contribution is 2.36. The lowest BCUT2D eigenvalue weighted by atomic mass is 9.90. The number of anilines is 1. The lowest BCUT2D eigenvalue weighted by Crippen LogP contribution is -2.49. The largest absolute Gasteiger partial charge is 0.449 e. The van der Waals surface area contributed by atoms with Crippen molar-refractivity contribution in [1.29, 1.82) is 0 Å². The lowest BCUT2D eigenvalue weighted by molar-refractivity contribution is -0.0381. The Morgan fingerprint density at radius 2 is 2.36 bits per heavy atom. The minimum absolute atomic E-state index is 0.153. The number of hydrogen-bond acceptors (Lipinski definition) is 6. The number of aliphatic hydroxyl groups is 1. The number of halogens is 1. The molecule has 0 radical (unpaired) electrons. The summed E-state index contributed by atoms with van der Waals surface area (Å²) >= 11 is 3.45. The molecule has 1 unspecified atom stereocenters. The smallest absolute Gasteiger partial charge is 0.409 e. The predicted molar refractivity (Wildman–Crippen MR) is 96.1 cm³/mol. The third-order valence-corrected chi connectivity index (χ3v) is 5.07. The lowest BCUT2D eigenvalue weighted by Gasteiger charge is -2.38. The van der Waals surface area contributed by atoms with Gasteiger partial charge in [-0.25, -0.2) is 14.3 Å². The summed E-state index contributed by atoms with van der Waals surface area (Å²) in [4.78, 5) is 17.8. The first-order chi connectivity index (χ1) is 12.0. The first kappa shape index (κ1) is 17.9. The molecule has 0 aliphatic carbocycles. The minimum Gasteiger partial charge on any atom is -0.449 e. The van der Waals surface area contributed by atoms with Crippen molar-refractivity contribution in [3.8, 4) is 0 Å². The van der Waals surface area contributed by atoms with Crippen LogP contribution in [0.2, 0.25) is 0 Å². The Balaban J connectivity index is 1.86. The standard InChI is InChI=1S/C16H22BrN5O3/c1-2-3-7-25-15(23)21-6-4-5-16(24,9-21)12-8-11(17)13-14(18)19-10-20-22(12)13/h8,10,24H,2-7,9H2,1H3,(H2,18,19,20). The van der Waals surface area contributed by atoms with Crippen molar-refractivity contribution in [3.63, 3.8) is 0 Å². The average molecular weight is 412 g/mol. The van der Waals surface area contributed by atoms with Crippen LogP contribution in [0.4, 0.5) is 10.6 Å². The number of piperidine rings is 1. The number of nitrogen functional groups attached to an aromatic ring is 1. The first-order valence-corrected chi connectivity index (χ1v) is 9.18. The Labute approximate surface area is 154 Å². The van der Waals surface area contributed by atoms with Gasteiger partial charge in [-0.15, -0.1) is 0 Å². The topological polar surface area (TPSA) is 106 Å². The highest BCUT2D eigenvalue weighted by atomic mass is 79.9. The predicted octanol–water partition coefficient (Wildman–Crippen LogP) is 2.29. The van der Waals surface area contributed by atoms with Gasteiger partial charge >= 0.3 is 6.09 Å². The number of rotatable bonds is 4. The first-order valence-electron chi connectivity index (χ1n) is 8.38. The van der Waals surface area contributed by atoms with Crippen LogP contribution in [0.15, 0.2) is 16.9 Å². The van der Waals surface area contributed by atoms with Crippen LogP contribution in [0, 0.1) is 0 Å². The molecule has 3 heterocycles. The molecule has 0 saturated carbocycles. The van der Waals surface area contributed by atoms with E-state index in [0.29, 0.717) is 47.5 Å². The van der Waals surface area contributed by atoms with Crippen molar-refractivity contribution in [1.82, 2.24) is 19.5 Å². The van der Waals surface area contributed by atoms with Crippen LogP contribution in [-0.2, 0) is 10.3 Å². The van der Waals surface area contributed by atoms with Crippen LogP contribution in [0.3, 0.4) is 0 Å². The number of amides is 1. The van der Waals surface area contributed by atoms with E-state index in [0.717, 1.165) is 12.8 Å². The Hall–Kier alpha value is -1.87. The summed E-state index contributed by atoms with van der Waals surface area (Å²) in [6, 6.07) is 1.78. The van der Waals surface area contributed by atoms with Gasteiger partial charge in [-0.1, -0.05) is 13.3 Å². The van der Waals surface area contributed by atoms with Gasteiger partial charge in [0.2, 0.25) is 0 Å². The van der Waals surface area contributed by atoms with Gasteiger partial charge in [0.25, 0.3) is 0 Å². The monoisotopic (exact) mass is 411 g/mol. The van der Waals surface area contributed by atoms with Gasteiger partial charge in [-0.05, 0) is 41.3 Å². The molecule has 25 heavy (non-hydrogen) atoms. The number of nitrogens with zero attached hydrogens (tertiary/aromatic N) is 4. The molecule has 2 aromatic heterocycles. The van der Waals surface area contributed by atoms with Gasteiger partial charge in [-0.3, -0.25) is 0 Å². The van der Waals surface area contributed by atoms with E-state index in [1.54, 1.807) is 15.5 Å². The molecule has 3 N–H and O–H groups in total. The van der Waals surface area contributed by atoms with Crippen molar-refractivity contribution < 1.29 is 14.6 Å². The second-order valence-electron chi connectivity index (χ2n) is 6.31. The van der Waals surface area contributed by atoms with E-state index in [2.05, 4.69) is 26.0 Å². The van der Waals surface area contributed by atoms with Crippen LogP contribution in [0.1, 0.15) is 38.3 Å². The summed E-state index contributed by atoms with van der Waals surface area (Å²) in [7, 11) is 0. The van der Waals surface area contributed by atoms with Crippen molar-refractivity contribution >= 4 is 33.4 Å². The van der Waals surface area contributed by atoms with Gasteiger partial charge in [0.1, 0.15) is 17.4 Å². The van der Waals surface area contributed by atoms with Gasteiger partial charge in [0, 0.05) is 11.0 Å². The number of fused-ring (bicyclic) bond motifs is 1. The fourth-order valence-electron chi connectivity index (χ4n) is 3.15. The number of β-amino-alcohol motifs (C(OH)–C–C–N with tert-alkyl or cyclic N) is 1. The Morgan fingerprint density at radius 3 is 3.12 bits per heavy atom. The molecular formula is C16H22BrN5O3. The molecule has 1 amide bonds. The summed E-state index contributed by atoms with van der Waals surface area (Å²) < 4.78 is 7.56. The fraction of sp³-hybridized carbons (Fsp3) is 0.562. The quantitative estimate of drug-likeness (QED) is 0.747. The molecule has 9 heteroatoms. The molecule has 1 aliphatic heterocycles. The van der Waals surface area contributed by atoms with E-state index in [1.165, 1.54) is 6.33 Å². The molecule has 0 bridgehead atoms. The van der Waals surface area contributed by atoms with Crippen LogP contribution >= 0.6 is 15.9 Å². The minimum atomic E-state index is -1.22. The van der Waals surface area contributed by atoms with Gasteiger partial charge < -0.3 is 20.5 Å². The van der Waals surface area contributed by atoms with Gasteiger partial charge in [0.15, 0.2) is 5.82 Å². The Bertz CT molecular complexity index is 780. The maximum Gasteiger partial charge on any atom is 0.409 e. The van der Waals surface area contributed by atoms with Crippen LogP contribution in [-0.4, -0.2) is 50.4 Å². The van der Waals surface area contributed by atoms with E-state index in [-0.39, 0.29) is 12.6 Å². The average Bonchev–Trinajstić information content (AvgIpc) is 2.94. The van der Waals surface area contributed by atoms with E-state index in [1.807, 2.05) is 6.92 Å². The number of carbonyl (C=O) groups excluding carboxylic acids is 1. The van der Waals surface area contributed by atoms with E-state index < -0.39 is 5.60 Å². The number of aromatic nitrogens is 3. The van der Waals surface area contributed by atoms with Crippen LogP contribution in [0.5, 0.6) is 0 Å². The summed E-state index contributed by atoms with van der Waals surface area (Å²) in [6.45, 7) is 3.15. The third kappa shape index (κ3) is 3.43. The molecule has 1 aliphatic rings.